The molecule has 2 aromatic rings. The zero-order valence-electron chi connectivity index (χ0n) is 12.2. The zero-order chi connectivity index (χ0) is 14.7. The number of nitrogens with two attached hydrogens (primary N) is 1. The van der Waals surface area contributed by atoms with Gasteiger partial charge < -0.3 is 0 Å². The lowest BCUT2D eigenvalue weighted by Gasteiger charge is -2.16. The fourth-order valence-corrected chi connectivity index (χ4v) is 2.45. The van der Waals surface area contributed by atoms with Crippen molar-refractivity contribution in [3.8, 4) is 0 Å². The standard InChI is InChI=1S/C15H21FN4/c1-10-15(11(2)20(3)19-10)9-14(18-17)8-12-4-6-13(16)7-5-12/h4-7,14,18H,8-9,17H2,1-3H3. The molecule has 0 bridgehead atoms. The van der Waals surface area contributed by atoms with Crippen LogP contribution in [0.3, 0.4) is 0 Å². The van der Waals surface area contributed by atoms with Crippen molar-refractivity contribution in [2.24, 2.45) is 12.9 Å². The van der Waals surface area contributed by atoms with Crippen LogP contribution < -0.4 is 11.3 Å². The molecule has 1 unspecified atom stereocenters. The average Bonchev–Trinajstić information content (AvgIpc) is 2.66. The van der Waals surface area contributed by atoms with Gasteiger partial charge in [-0.3, -0.25) is 16.0 Å². The molecule has 1 aromatic carbocycles. The number of aryl methyl sites for hydroxylation is 2. The molecule has 0 aliphatic heterocycles. The summed E-state index contributed by atoms with van der Waals surface area (Å²) in [6, 6.07) is 6.64. The van der Waals surface area contributed by atoms with Crippen LogP contribution in [0.2, 0.25) is 0 Å². The molecule has 1 heterocycles. The Morgan fingerprint density at radius 1 is 1.25 bits per heavy atom. The van der Waals surface area contributed by atoms with Crippen LogP contribution in [0, 0.1) is 19.7 Å². The average molecular weight is 276 g/mol. The van der Waals surface area contributed by atoms with Gasteiger partial charge in [-0.05, 0) is 49.9 Å². The summed E-state index contributed by atoms with van der Waals surface area (Å²) in [5.74, 6) is 5.44. The van der Waals surface area contributed by atoms with Crippen LogP contribution in [0.4, 0.5) is 4.39 Å². The Morgan fingerprint density at radius 2 is 1.90 bits per heavy atom. The first-order chi connectivity index (χ1) is 9.51. The lowest BCUT2D eigenvalue weighted by Crippen LogP contribution is -2.38. The number of aromatic nitrogens is 2. The zero-order valence-corrected chi connectivity index (χ0v) is 12.2. The number of hydrogen-bond acceptors (Lipinski definition) is 3. The molecule has 2 rings (SSSR count). The highest BCUT2D eigenvalue weighted by molar-refractivity contribution is 5.26. The third-order valence-corrected chi connectivity index (χ3v) is 3.74. The van der Waals surface area contributed by atoms with E-state index < -0.39 is 0 Å². The minimum atomic E-state index is -0.218. The van der Waals surface area contributed by atoms with Crippen LogP contribution in [-0.4, -0.2) is 15.8 Å². The molecule has 5 heteroatoms. The lowest BCUT2D eigenvalue weighted by molar-refractivity contribution is 0.519. The summed E-state index contributed by atoms with van der Waals surface area (Å²) in [7, 11) is 1.94. The summed E-state index contributed by atoms with van der Waals surface area (Å²) in [6.45, 7) is 4.06. The van der Waals surface area contributed by atoms with E-state index in [1.165, 1.54) is 17.7 Å². The second-order valence-electron chi connectivity index (χ2n) is 5.17. The molecule has 0 aliphatic rings. The largest absolute Gasteiger partial charge is 0.272 e. The van der Waals surface area contributed by atoms with Gasteiger partial charge in [0.05, 0.1) is 5.69 Å². The van der Waals surface area contributed by atoms with Gasteiger partial charge in [-0.15, -0.1) is 0 Å². The second-order valence-corrected chi connectivity index (χ2v) is 5.17. The molecule has 0 aliphatic carbocycles. The van der Waals surface area contributed by atoms with Crippen LogP contribution >= 0.6 is 0 Å². The molecule has 4 nitrogen and oxygen atoms in total. The van der Waals surface area contributed by atoms with E-state index in [9.17, 15) is 4.39 Å². The van der Waals surface area contributed by atoms with Crippen molar-refractivity contribution < 1.29 is 4.39 Å². The molecule has 0 saturated heterocycles. The summed E-state index contributed by atoms with van der Waals surface area (Å²) < 4.78 is 14.8. The maximum atomic E-state index is 12.9. The van der Waals surface area contributed by atoms with Gasteiger partial charge in [-0.1, -0.05) is 12.1 Å². The summed E-state index contributed by atoms with van der Waals surface area (Å²) in [5.41, 5.74) is 7.32. The molecule has 3 N–H and O–H groups in total. The smallest absolute Gasteiger partial charge is 0.123 e. The quantitative estimate of drug-likeness (QED) is 0.646. The number of hydrogen-bond donors (Lipinski definition) is 2. The molecule has 0 saturated carbocycles. The molecule has 0 fully saturated rings. The topological polar surface area (TPSA) is 55.9 Å². The van der Waals surface area contributed by atoms with Crippen molar-refractivity contribution in [3.63, 3.8) is 0 Å². The Kier molecular flexibility index (Phi) is 4.52. The lowest BCUT2D eigenvalue weighted by atomic mass is 9.98. The number of nitrogens with one attached hydrogen (secondary N) is 1. The predicted octanol–water partition coefficient (Wildman–Crippen LogP) is 1.79. The van der Waals surface area contributed by atoms with Gasteiger partial charge in [0.25, 0.3) is 0 Å². The van der Waals surface area contributed by atoms with Crippen LogP contribution in [0.15, 0.2) is 24.3 Å². The van der Waals surface area contributed by atoms with Crippen LogP contribution in [0.1, 0.15) is 22.5 Å². The first-order valence-corrected chi connectivity index (χ1v) is 6.71. The molecule has 0 radical (unpaired) electrons. The van der Waals surface area contributed by atoms with Crippen molar-refractivity contribution >= 4 is 0 Å². The molecule has 0 amide bonds. The molecule has 108 valence electrons. The van der Waals surface area contributed by atoms with Crippen LogP contribution in [0.5, 0.6) is 0 Å². The first-order valence-electron chi connectivity index (χ1n) is 6.71. The second kappa shape index (κ2) is 6.15. The Balaban J connectivity index is 2.11. The highest BCUT2D eigenvalue weighted by Crippen LogP contribution is 2.16. The van der Waals surface area contributed by atoms with Crippen molar-refractivity contribution in [1.82, 2.24) is 15.2 Å². The third-order valence-electron chi connectivity index (χ3n) is 3.74. The minimum Gasteiger partial charge on any atom is -0.272 e. The van der Waals surface area contributed by atoms with Gasteiger partial charge in [0.2, 0.25) is 0 Å². The Labute approximate surface area is 118 Å². The number of nitrogens with zero attached hydrogens (tertiary/aromatic N) is 2. The summed E-state index contributed by atoms with van der Waals surface area (Å²) in [5, 5.41) is 4.42. The van der Waals surface area contributed by atoms with E-state index in [4.69, 9.17) is 5.84 Å². The van der Waals surface area contributed by atoms with Crippen molar-refractivity contribution in [2.75, 3.05) is 0 Å². The van der Waals surface area contributed by atoms with Crippen molar-refractivity contribution in [3.05, 3.63) is 52.6 Å². The fraction of sp³-hybridized carbons (Fsp3) is 0.400. The summed E-state index contributed by atoms with van der Waals surface area (Å²) in [4.78, 5) is 0. The van der Waals surface area contributed by atoms with Gasteiger partial charge in [0.1, 0.15) is 5.82 Å². The van der Waals surface area contributed by atoms with E-state index >= 15 is 0 Å². The van der Waals surface area contributed by atoms with E-state index in [0.717, 1.165) is 29.8 Å². The van der Waals surface area contributed by atoms with Gasteiger partial charge in [-0.25, -0.2) is 4.39 Å². The van der Waals surface area contributed by atoms with Crippen molar-refractivity contribution in [1.29, 1.82) is 0 Å². The van der Waals surface area contributed by atoms with E-state index in [-0.39, 0.29) is 11.9 Å². The van der Waals surface area contributed by atoms with Gasteiger partial charge in [0, 0.05) is 18.8 Å². The molecule has 0 spiro atoms. The van der Waals surface area contributed by atoms with E-state index in [2.05, 4.69) is 17.4 Å². The number of benzene rings is 1. The molecule has 20 heavy (non-hydrogen) atoms. The first kappa shape index (κ1) is 14.7. The monoisotopic (exact) mass is 276 g/mol. The van der Waals surface area contributed by atoms with Crippen molar-refractivity contribution in [2.45, 2.75) is 32.7 Å². The number of hydrazine groups is 1. The molecular weight excluding hydrogens is 255 g/mol. The predicted molar refractivity (Wildman–Crippen MR) is 77.6 cm³/mol. The Hall–Kier alpha value is -1.72. The number of rotatable bonds is 5. The Morgan fingerprint density at radius 3 is 2.40 bits per heavy atom. The molecule has 1 atom stereocenters. The maximum Gasteiger partial charge on any atom is 0.123 e. The summed E-state index contributed by atoms with van der Waals surface area (Å²) >= 11 is 0. The highest BCUT2D eigenvalue weighted by atomic mass is 19.1. The fourth-order valence-electron chi connectivity index (χ4n) is 2.45. The highest BCUT2D eigenvalue weighted by Gasteiger charge is 2.15. The van der Waals surface area contributed by atoms with Crippen LogP contribution in [-0.2, 0) is 19.9 Å². The Bertz CT molecular complexity index is 574. The summed E-state index contributed by atoms with van der Waals surface area (Å²) in [6.07, 6.45) is 1.56. The van der Waals surface area contributed by atoms with E-state index in [0.29, 0.717) is 0 Å². The SMILES string of the molecule is Cc1nn(C)c(C)c1CC(Cc1ccc(F)cc1)NN. The molecular formula is C15H21FN4. The molecule has 1 aromatic heterocycles. The van der Waals surface area contributed by atoms with E-state index in [1.54, 1.807) is 12.1 Å². The van der Waals surface area contributed by atoms with Gasteiger partial charge in [-0.2, -0.15) is 5.10 Å². The van der Waals surface area contributed by atoms with Crippen LogP contribution in [0.25, 0.3) is 0 Å². The van der Waals surface area contributed by atoms with Gasteiger partial charge >= 0.3 is 0 Å². The third kappa shape index (κ3) is 3.23. The van der Waals surface area contributed by atoms with E-state index in [1.807, 2.05) is 18.7 Å². The normalized spacial score (nSPS) is 12.7. The number of halogens is 1. The minimum absolute atomic E-state index is 0.0991. The van der Waals surface area contributed by atoms with Gasteiger partial charge in [0.15, 0.2) is 0 Å². The maximum absolute atomic E-state index is 12.9.